The highest BCUT2D eigenvalue weighted by atomic mass is 32.2. The number of thiazole rings is 1. The number of rotatable bonds is 5. The molecule has 3 aromatic rings. The zero-order valence-electron chi connectivity index (χ0n) is 11.1. The Labute approximate surface area is 130 Å². The Hall–Kier alpha value is -1.55. The zero-order chi connectivity index (χ0) is 14.9. The number of sulfonamides is 1. The second kappa shape index (κ2) is 5.68. The van der Waals surface area contributed by atoms with Gasteiger partial charge in [0.1, 0.15) is 5.01 Å². The minimum Gasteiger partial charge on any atom is -0.339 e. The van der Waals surface area contributed by atoms with Crippen molar-refractivity contribution in [2.75, 3.05) is 0 Å². The van der Waals surface area contributed by atoms with Crippen LogP contribution in [0.25, 0.3) is 9.88 Å². The van der Waals surface area contributed by atoms with Gasteiger partial charge < -0.3 is 4.57 Å². The summed E-state index contributed by atoms with van der Waals surface area (Å²) in [5.41, 5.74) is 0. The summed E-state index contributed by atoms with van der Waals surface area (Å²) in [4.78, 5) is 10.1. The Bertz CT molecular complexity index is 834. The Morgan fingerprint density at radius 1 is 1.38 bits per heavy atom. The minimum atomic E-state index is -3.58. The lowest BCUT2D eigenvalue weighted by molar-refractivity contribution is 0.578. The van der Waals surface area contributed by atoms with Gasteiger partial charge in [-0.25, -0.2) is 23.1 Å². The number of hydrogen-bond donors (Lipinski definition) is 1. The second-order valence-electron chi connectivity index (χ2n) is 4.31. The molecule has 0 fully saturated rings. The van der Waals surface area contributed by atoms with Crippen LogP contribution in [0.1, 0.15) is 4.88 Å². The van der Waals surface area contributed by atoms with Crippen LogP contribution >= 0.6 is 22.7 Å². The van der Waals surface area contributed by atoms with Gasteiger partial charge in [0.05, 0.1) is 11.2 Å². The molecule has 9 heteroatoms. The molecular weight excluding hydrogens is 328 g/mol. The van der Waals surface area contributed by atoms with E-state index in [1.807, 2.05) is 17.5 Å². The topological polar surface area (TPSA) is 76.9 Å². The first-order valence-electron chi connectivity index (χ1n) is 6.01. The van der Waals surface area contributed by atoms with E-state index in [9.17, 15) is 8.42 Å². The van der Waals surface area contributed by atoms with Crippen molar-refractivity contribution in [1.29, 1.82) is 0 Å². The SMILES string of the molecule is Cn1cnc(S(=O)(=O)NCc2cnc(-c3cccs3)s2)c1. The standard InChI is InChI=1S/C12H12N4O2S3/c1-16-7-11(14-8-16)21(17,18)15-6-9-5-13-12(20-9)10-3-2-4-19-10/h2-5,7-8,15H,6H2,1H3. The summed E-state index contributed by atoms with van der Waals surface area (Å²) in [6, 6.07) is 3.95. The van der Waals surface area contributed by atoms with Crippen molar-refractivity contribution in [3.05, 3.63) is 41.1 Å². The van der Waals surface area contributed by atoms with Gasteiger partial charge in [0.15, 0.2) is 5.03 Å². The molecule has 0 spiro atoms. The highest BCUT2D eigenvalue weighted by Gasteiger charge is 2.17. The van der Waals surface area contributed by atoms with Gasteiger partial charge in [0.25, 0.3) is 10.0 Å². The van der Waals surface area contributed by atoms with E-state index in [4.69, 9.17) is 0 Å². The van der Waals surface area contributed by atoms with Crippen LogP contribution in [0.3, 0.4) is 0 Å². The van der Waals surface area contributed by atoms with Crippen LogP contribution in [0.2, 0.25) is 0 Å². The Kier molecular flexibility index (Phi) is 3.89. The lowest BCUT2D eigenvalue weighted by Crippen LogP contribution is -2.23. The summed E-state index contributed by atoms with van der Waals surface area (Å²) in [7, 11) is -1.86. The van der Waals surface area contributed by atoms with Crippen molar-refractivity contribution in [2.24, 2.45) is 7.05 Å². The maximum absolute atomic E-state index is 12.1. The Balaban J connectivity index is 1.71. The molecule has 21 heavy (non-hydrogen) atoms. The molecule has 0 aromatic carbocycles. The number of hydrogen-bond acceptors (Lipinski definition) is 6. The predicted molar refractivity (Wildman–Crippen MR) is 82.7 cm³/mol. The van der Waals surface area contributed by atoms with Crippen molar-refractivity contribution >= 4 is 32.7 Å². The lowest BCUT2D eigenvalue weighted by atomic mass is 10.5. The third-order valence-corrected chi connectivity index (χ3v) is 6.00. The van der Waals surface area contributed by atoms with Crippen LogP contribution in [-0.4, -0.2) is 23.0 Å². The summed E-state index contributed by atoms with van der Waals surface area (Å²) in [5.74, 6) is 0. The molecule has 1 N–H and O–H groups in total. The number of imidazole rings is 1. The molecule has 110 valence electrons. The molecule has 0 saturated carbocycles. The lowest BCUT2D eigenvalue weighted by Gasteiger charge is -2.01. The first-order valence-corrected chi connectivity index (χ1v) is 9.19. The number of aromatic nitrogens is 3. The third kappa shape index (κ3) is 3.21. The van der Waals surface area contributed by atoms with Crippen molar-refractivity contribution in [1.82, 2.24) is 19.3 Å². The number of nitrogens with one attached hydrogen (secondary N) is 1. The molecule has 3 rings (SSSR count). The van der Waals surface area contributed by atoms with Crippen LogP contribution in [0.15, 0.2) is 41.3 Å². The number of nitrogens with zero attached hydrogens (tertiary/aromatic N) is 3. The van der Waals surface area contributed by atoms with Crippen molar-refractivity contribution < 1.29 is 8.42 Å². The predicted octanol–water partition coefficient (Wildman–Crippen LogP) is 2.08. The highest BCUT2D eigenvalue weighted by molar-refractivity contribution is 7.89. The zero-order valence-corrected chi connectivity index (χ0v) is 13.5. The largest absolute Gasteiger partial charge is 0.339 e. The van der Waals surface area contributed by atoms with Crippen molar-refractivity contribution in [3.63, 3.8) is 0 Å². The van der Waals surface area contributed by atoms with Gasteiger partial charge >= 0.3 is 0 Å². The molecule has 0 aliphatic rings. The number of thiophene rings is 1. The summed E-state index contributed by atoms with van der Waals surface area (Å²) in [6.07, 6.45) is 4.61. The fraction of sp³-hybridized carbons (Fsp3) is 0.167. The summed E-state index contributed by atoms with van der Waals surface area (Å²) in [5, 5.41) is 2.91. The average Bonchev–Trinajstić information content (AvgIpc) is 3.17. The fourth-order valence-corrected chi connectivity index (χ4v) is 4.40. The molecular formula is C12H12N4O2S3. The van der Waals surface area contributed by atoms with Crippen LogP contribution in [0.4, 0.5) is 0 Å². The molecule has 0 aliphatic heterocycles. The van der Waals surface area contributed by atoms with E-state index < -0.39 is 10.0 Å². The van der Waals surface area contributed by atoms with Gasteiger partial charge in [0, 0.05) is 30.9 Å². The third-order valence-electron chi connectivity index (χ3n) is 2.68. The summed E-state index contributed by atoms with van der Waals surface area (Å²) < 4.78 is 28.2. The fourth-order valence-electron chi connectivity index (χ4n) is 1.67. The quantitative estimate of drug-likeness (QED) is 0.771. The molecule has 3 aromatic heterocycles. The molecule has 0 unspecified atom stereocenters. The van der Waals surface area contributed by atoms with E-state index in [0.29, 0.717) is 0 Å². The molecule has 0 radical (unpaired) electrons. The van der Waals surface area contributed by atoms with Gasteiger partial charge in [-0.2, -0.15) is 0 Å². The van der Waals surface area contributed by atoms with Gasteiger partial charge in [-0.1, -0.05) is 6.07 Å². The van der Waals surface area contributed by atoms with E-state index in [2.05, 4.69) is 14.7 Å². The summed E-state index contributed by atoms with van der Waals surface area (Å²) in [6.45, 7) is 0.210. The monoisotopic (exact) mass is 340 g/mol. The molecule has 0 saturated heterocycles. The molecule has 0 amide bonds. The molecule has 6 nitrogen and oxygen atoms in total. The Morgan fingerprint density at radius 3 is 2.90 bits per heavy atom. The van der Waals surface area contributed by atoms with Gasteiger partial charge in [-0.05, 0) is 11.4 Å². The maximum Gasteiger partial charge on any atom is 0.259 e. The van der Waals surface area contributed by atoms with Crippen molar-refractivity contribution in [2.45, 2.75) is 11.6 Å². The molecule has 3 heterocycles. The smallest absolute Gasteiger partial charge is 0.259 e. The maximum atomic E-state index is 12.1. The van der Waals surface area contributed by atoms with Gasteiger partial charge in [0.2, 0.25) is 0 Å². The normalized spacial score (nSPS) is 11.9. The van der Waals surface area contributed by atoms with E-state index in [1.54, 1.807) is 29.1 Å². The van der Waals surface area contributed by atoms with Crippen LogP contribution < -0.4 is 4.72 Å². The van der Waals surface area contributed by atoms with Crippen LogP contribution in [0.5, 0.6) is 0 Å². The van der Waals surface area contributed by atoms with Crippen LogP contribution in [0, 0.1) is 0 Å². The minimum absolute atomic E-state index is 0.0213. The number of aryl methyl sites for hydroxylation is 1. The van der Waals surface area contributed by atoms with Crippen molar-refractivity contribution in [3.8, 4) is 9.88 Å². The van der Waals surface area contributed by atoms with Gasteiger partial charge in [-0.3, -0.25) is 0 Å². The first-order chi connectivity index (χ1) is 10.0. The summed E-state index contributed by atoms with van der Waals surface area (Å²) >= 11 is 3.09. The van der Waals surface area contributed by atoms with Gasteiger partial charge in [-0.15, -0.1) is 22.7 Å². The second-order valence-corrected chi connectivity index (χ2v) is 8.09. The molecule has 0 bridgehead atoms. The van der Waals surface area contributed by atoms with E-state index in [-0.39, 0.29) is 11.6 Å². The first kappa shape index (κ1) is 14.4. The Morgan fingerprint density at radius 2 is 2.24 bits per heavy atom. The highest BCUT2D eigenvalue weighted by Crippen LogP contribution is 2.28. The van der Waals surface area contributed by atoms with E-state index in [1.165, 1.54) is 23.9 Å². The molecule has 0 atom stereocenters. The van der Waals surface area contributed by atoms with E-state index in [0.717, 1.165) is 14.8 Å². The van der Waals surface area contributed by atoms with Crippen LogP contribution in [-0.2, 0) is 23.6 Å². The van der Waals surface area contributed by atoms with E-state index >= 15 is 0 Å². The average molecular weight is 340 g/mol. The molecule has 0 aliphatic carbocycles.